The molecule has 0 spiro atoms. The molecule has 0 fully saturated rings. The molecule has 0 radical (unpaired) electrons. The molecule has 6 heteroatoms. The summed E-state index contributed by atoms with van der Waals surface area (Å²) >= 11 is 0. The maximum Gasteiger partial charge on any atom is 0.352 e. The standard InChI is InChI=1S/C17H15NO4S/c1-23(21,22)14-8-6-12(7-9-14)11-18-15-5-3-2-4-13(15)10-16(18)17(19)20/h2-10H,11H2,1H3,(H,19,20). The van der Waals surface area contributed by atoms with Crippen molar-refractivity contribution in [3.05, 3.63) is 65.9 Å². The Bertz CT molecular complexity index is 985. The Hall–Kier alpha value is -2.60. The van der Waals surface area contributed by atoms with Gasteiger partial charge < -0.3 is 9.67 Å². The highest BCUT2D eigenvalue weighted by molar-refractivity contribution is 7.90. The first-order valence-corrected chi connectivity index (χ1v) is 8.86. The summed E-state index contributed by atoms with van der Waals surface area (Å²) in [6.07, 6.45) is 1.16. The predicted molar refractivity (Wildman–Crippen MR) is 87.6 cm³/mol. The van der Waals surface area contributed by atoms with Crippen molar-refractivity contribution in [2.24, 2.45) is 0 Å². The number of carboxylic acid groups (broad SMARTS) is 1. The number of hydrogen-bond donors (Lipinski definition) is 1. The number of fused-ring (bicyclic) bond motifs is 1. The Balaban J connectivity index is 2.04. The van der Waals surface area contributed by atoms with Gasteiger partial charge in [0.05, 0.1) is 4.90 Å². The van der Waals surface area contributed by atoms with Crippen LogP contribution in [0.25, 0.3) is 10.9 Å². The first-order valence-electron chi connectivity index (χ1n) is 6.97. The average molecular weight is 329 g/mol. The summed E-state index contributed by atoms with van der Waals surface area (Å²) in [6, 6.07) is 15.6. The molecule has 0 bridgehead atoms. The molecule has 23 heavy (non-hydrogen) atoms. The fraction of sp³-hybridized carbons (Fsp3) is 0.118. The fourth-order valence-corrected chi connectivity index (χ4v) is 3.21. The van der Waals surface area contributed by atoms with E-state index in [9.17, 15) is 18.3 Å². The van der Waals surface area contributed by atoms with Gasteiger partial charge in [0.1, 0.15) is 5.69 Å². The summed E-state index contributed by atoms with van der Waals surface area (Å²) in [5, 5.41) is 10.3. The zero-order chi connectivity index (χ0) is 16.6. The molecule has 5 nitrogen and oxygen atoms in total. The largest absolute Gasteiger partial charge is 0.477 e. The molecule has 0 unspecified atom stereocenters. The highest BCUT2D eigenvalue weighted by Crippen LogP contribution is 2.22. The second kappa shape index (κ2) is 5.55. The zero-order valence-electron chi connectivity index (χ0n) is 12.4. The van der Waals surface area contributed by atoms with Crippen molar-refractivity contribution < 1.29 is 18.3 Å². The van der Waals surface area contributed by atoms with Crippen LogP contribution in [0.2, 0.25) is 0 Å². The lowest BCUT2D eigenvalue weighted by Crippen LogP contribution is -2.09. The van der Waals surface area contributed by atoms with Crippen LogP contribution in [0.3, 0.4) is 0 Å². The van der Waals surface area contributed by atoms with Crippen molar-refractivity contribution in [3.8, 4) is 0 Å². The first-order chi connectivity index (χ1) is 10.9. The highest BCUT2D eigenvalue weighted by atomic mass is 32.2. The number of aromatic nitrogens is 1. The van der Waals surface area contributed by atoms with Crippen LogP contribution in [-0.2, 0) is 16.4 Å². The number of benzene rings is 2. The Morgan fingerprint density at radius 2 is 1.74 bits per heavy atom. The molecule has 118 valence electrons. The van der Waals surface area contributed by atoms with Gasteiger partial charge in [-0.2, -0.15) is 0 Å². The van der Waals surface area contributed by atoms with Gasteiger partial charge in [0.25, 0.3) is 0 Å². The van der Waals surface area contributed by atoms with Gasteiger partial charge in [0, 0.05) is 23.7 Å². The number of carbonyl (C=O) groups is 1. The molecule has 0 saturated carbocycles. The summed E-state index contributed by atoms with van der Waals surface area (Å²) < 4.78 is 24.7. The van der Waals surface area contributed by atoms with E-state index in [0.717, 1.165) is 22.7 Å². The highest BCUT2D eigenvalue weighted by Gasteiger charge is 2.15. The molecule has 0 atom stereocenters. The third-order valence-corrected chi connectivity index (χ3v) is 4.85. The van der Waals surface area contributed by atoms with Gasteiger partial charge in [-0.1, -0.05) is 30.3 Å². The van der Waals surface area contributed by atoms with Crippen LogP contribution in [0, 0.1) is 0 Å². The topological polar surface area (TPSA) is 76.4 Å². The second-order valence-electron chi connectivity index (χ2n) is 5.40. The quantitative estimate of drug-likeness (QED) is 0.798. The lowest BCUT2D eigenvalue weighted by molar-refractivity contribution is 0.0686. The molecular weight excluding hydrogens is 314 g/mol. The van der Waals surface area contributed by atoms with Crippen molar-refractivity contribution in [2.45, 2.75) is 11.4 Å². The first kappa shape index (κ1) is 15.3. The van der Waals surface area contributed by atoms with E-state index in [0.29, 0.717) is 6.54 Å². The Morgan fingerprint density at radius 1 is 1.09 bits per heavy atom. The van der Waals surface area contributed by atoms with E-state index in [2.05, 4.69) is 0 Å². The van der Waals surface area contributed by atoms with Crippen LogP contribution in [0.5, 0.6) is 0 Å². The Kier molecular flexibility index (Phi) is 3.69. The van der Waals surface area contributed by atoms with Crippen molar-refractivity contribution in [2.75, 3.05) is 6.26 Å². The van der Waals surface area contributed by atoms with Crippen molar-refractivity contribution in [1.82, 2.24) is 4.57 Å². The Morgan fingerprint density at radius 3 is 2.35 bits per heavy atom. The van der Waals surface area contributed by atoms with Crippen LogP contribution in [0.4, 0.5) is 0 Å². The molecule has 0 amide bonds. The van der Waals surface area contributed by atoms with E-state index in [1.54, 1.807) is 22.8 Å². The number of hydrogen-bond acceptors (Lipinski definition) is 3. The molecule has 3 rings (SSSR count). The normalized spacial score (nSPS) is 11.7. The molecule has 0 aliphatic rings. The van der Waals surface area contributed by atoms with Crippen LogP contribution < -0.4 is 0 Å². The third kappa shape index (κ3) is 2.98. The monoisotopic (exact) mass is 329 g/mol. The number of rotatable bonds is 4. The fourth-order valence-electron chi connectivity index (χ4n) is 2.58. The van der Waals surface area contributed by atoms with E-state index in [1.807, 2.05) is 24.3 Å². The second-order valence-corrected chi connectivity index (χ2v) is 7.41. The minimum atomic E-state index is -3.24. The van der Waals surface area contributed by atoms with Gasteiger partial charge in [-0.15, -0.1) is 0 Å². The summed E-state index contributed by atoms with van der Waals surface area (Å²) in [5.41, 5.74) is 1.87. The van der Waals surface area contributed by atoms with Crippen LogP contribution in [0.1, 0.15) is 16.1 Å². The number of carboxylic acids is 1. The third-order valence-electron chi connectivity index (χ3n) is 3.72. The van der Waals surface area contributed by atoms with Crippen LogP contribution in [0.15, 0.2) is 59.5 Å². The molecule has 1 N–H and O–H groups in total. The molecular formula is C17H15NO4S. The van der Waals surface area contributed by atoms with Gasteiger partial charge >= 0.3 is 5.97 Å². The SMILES string of the molecule is CS(=O)(=O)c1ccc(Cn2c(C(=O)O)cc3ccccc32)cc1. The lowest BCUT2D eigenvalue weighted by atomic mass is 10.2. The van der Waals surface area contributed by atoms with E-state index in [1.165, 1.54) is 12.1 Å². The number of aromatic carboxylic acids is 1. The van der Waals surface area contributed by atoms with Crippen molar-refractivity contribution in [3.63, 3.8) is 0 Å². The van der Waals surface area contributed by atoms with Gasteiger partial charge in [0.2, 0.25) is 0 Å². The van der Waals surface area contributed by atoms with Gasteiger partial charge in [0.15, 0.2) is 9.84 Å². The zero-order valence-corrected chi connectivity index (χ0v) is 13.2. The summed E-state index contributed by atoms with van der Waals surface area (Å²) in [5.74, 6) is -0.992. The Labute approximate surface area is 133 Å². The van der Waals surface area contributed by atoms with Crippen molar-refractivity contribution in [1.29, 1.82) is 0 Å². The molecule has 1 heterocycles. The van der Waals surface area contributed by atoms with Gasteiger partial charge in [-0.05, 0) is 29.8 Å². The van der Waals surface area contributed by atoms with Crippen LogP contribution in [-0.4, -0.2) is 30.3 Å². The maximum absolute atomic E-state index is 11.5. The summed E-state index contributed by atoms with van der Waals surface area (Å²) in [4.78, 5) is 11.7. The number of para-hydroxylation sites is 1. The average Bonchev–Trinajstić information content (AvgIpc) is 2.86. The molecule has 2 aromatic carbocycles. The molecule has 0 saturated heterocycles. The van der Waals surface area contributed by atoms with E-state index in [-0.39, 0.29) is 10.6 Å². The number of sulfone groups is 1. The van der Waals surface area contributed by atoms with Gasteiger partial charge in [-0.3, -0.25) is 0 Å². The smallest absolute Gasteiger partial charge is 0.352 e. The van der Waals surface area contributed by atoms with E-state index < -0.39 is 15.8 Å². The van der Waals surface area contributed by atoms with Gasteiger partial charge in [-0.25, -0.2) is 13.2 Å². The van der Waals surface area contributed by atoms with E-state index >= 15 is 0 Å². The molecule has 0 aliphatic heterocycles. The molecule has 3 aromatic rings. The van der Waals surface area contributed by atoms with Crippen molar-refractivity contribution >= 4 is 26.7 Å². The molecule has 0 aliphatic carbocycles. The summed E-state index contributed by atoms with van der Waals surface area (Å²) in [6.45, 7) is 0.360. The van der Waals surface area contributed by atoms with Crippen LogP contribution >= 0.6 is 0 Å². The minimum Gasteiger partial charge on any atom is -0.477 e. The molecule has 1 aromatic heterocycles. The summed E-state index contributed by atoms with van der Waals surface area (Å²) in [7, 11) is -3.24. The maximum atomic E-state index is 11.5. The number of nitrogens with zero attached hydrogens (tertiary/aromatic N) is 1. The lowest BCUT2D eigenvalue weighted by Gasteiger charge is -2.09. The predicted octanol–water partition coefficient (Wildman–Crippen LogP) is 2.79. The minimum absolute atomic E-state index is 0.207. The van der Waals surface area contributed by atoms with E-state index in [4.69, 9.17) is 0 Å².